The Morgan fingerprint density at radius 3 is 2.59 bits per heavy atom. The van der Waals surface area contributed by atoms with Crippen LogP contribution in [0.25, 0.3) is 0 Å². The van der Waals surface area contributed by atoms with Gasteiger partial charge in [-0.2, -0.15) is 0 Å². The molecule has 0 amide bonds. The van der Waals surface area contributed by atoms with Crippen LogP contribution in [0.5, 0.6) is 11.5 Å². The lowest BCUT2D eigenvalue weighted by Crippen LogP contribution is -2.38. The van der Waals surface area contributed by atoms with Crippen LogP contribution in [0.2, 0.25) is 0 Å². The van der Waals surface area contributed by atoms with Gasteiger partial charge in [0.15, 0.2) is 5.96 Å². The van der Waals surface area contributed by atoms with Crippen molar-refractivity contribution in [3.63, 3.8) is 0 Å². The number of nitrogens with one attached hydrogen (secondary N) is 2. The van der Waals surface area contributed by atoms with Crippen molar-refractivity contribution in [2.24, 2.45) is 10.9 Å². The Labute approximate surface area is 161 Å². The van der Waals surface area contributed by atoms with Crippen LogP contribution in [0.15, 0.2) is 53.5 Å². The fourth-order valence-corrected chi connectivity index (χ4v) is 3.30. The fraction of sp³-hybridized carbons (Fsp3) is 0.409. The molecule has 1 fully saturated rings. The number of aliphatic imine (C=N–C) groups is 1. The van der Waals surface area contributed by atoms with E-state index in [9.17, 15) is 0 Å². The van der Waals surface area contributed by atoms with E-state index in [-0.39, 0.29) is 0 Å². The SMILES string of the molecule is CCNC(=NCc1ccc(OC)cc1OC)NCC1CC1c1ccccc1. The van der Waals surface area contributed by atoms with E-state index in [1.165, 1.54) is 12.0 Å². The zero-order valence-corrected chi connectivity index (χ0v) is 16.4. The molecule has 0 bridgehead atoms. The smallest absolute Gasteiger partial charge is 0.191 e. The van der Waals surface area contributed by atoms with Gasteiger partial charge >= 0.3 is 0 Å². The van der Waals surface area contributed by atoms with Crippen molar-refractivity contribution >= 4 is 5.96 Å². The monoisotopic (exact) mass is 367 g/mol. The standard InChI is InChI=1S/C22H29N3O2/c1-4-23-22(24-14-17-10-11-19(26-2)13-21(17)27-3)25-15-18-12-20(18)16-8-6-5-7-9-16/h5-11,13,18,20H,4,12,14-15H2,1-3H3,(H2,23,24,25). The molecule has 3 rings (SSSR count). The van der Waals surface area contributed by atoms with Crippen LogP contribution in [-0.4, -0.2) is 33.3 Å². The van der Waals surface area contributed by atoms with Crippen molar-refractivity contribution in [3.05, 3.63) is 59.7 Å². The Morgan fingerprint density at radius 1 is 1.07 bits per heavy atom. The lowest BCUT2D eigenvalue weighted by molar-refractivity contribution is 0.391. The topological polar surface area (TPSA) is 54.9 Å². The molecule has 2 aromatic rings. The van der Waals surface area contributed by atoms with Gasteiger partial charge in [0.05, 0.1) is 20.8 Å². The molecule has 5 nitrogen and oxygen atoms in total. The Morgan fingerprint density at radius 2 is 1.89 bits per heavy atom. The lowest BCUT2D eigenvalue weighted by atomic mass is 10.1. The summed E-state index contributed by atoms with van der Waals surface area (Å²) in [6.45, 7) is 4.40. The molecule has 5 heteroatoms. The van der Waals surface area contributed by atoms with E-state index in [2.05, 4.69) is 47.9 Å². The maximum absolute atomic E-state index is 5.46. The number of methoxy groups -OCH3 is 2. The van der Waals surface area contributed by atoms with Crippen LogP contribution in [-0.2, 0) is 6.54 Å². The molecule has 2 N–H and O–H groups in total. The van der Waals surface area contributed by atoms with Crippen LogP contribution in [0.3, 0.4) is 0 Å². The number of hydrogen-bond acceptors (Lipinski definition) is 3. The molecule has 2 atom stereocenters. The molecule has 2 unspecified atom stereocenters. The summed E-state index contributed by atoms with van der Waals surface area (Å²) in [5, 5.41) is 6.81. The fourth-order valence-electron chi connectivity index (χ4n) is 3.30. The van der Waals surface area contributed by atoms with Crippen molar-refractivity contribution in [3.8, 4) is 11.5 Å². The second-order valence-electron chi connectivity index (χ2n) is 6.77. The van der Waals surface area contributed by atoms with Crippen LogP contribution in [0.4, 0.5) is 0 Å². The van der Waals surface area contributed by atoms with E-state index in [1.54, 1.807) is 14.2 Å². The first-order chi connectivity index (χ1) is 13.2. The summed E-state index contributed by atoms with van der Waals surface area (Å²) in [7, 11) is 3.32. The molecule has 0 radical (unpaired) electrons. The summed E-state index contributed by atoms with van der Waals surface area (Å²) >= 11 is 0. The van der Waals surface area contributed by atoms with Crippen molar-refractivity contribution in [2.45, 2.75) is 25.8 Å². The Hall–Kier alpha value is -2.69. The Kier molecular flexibility index (Phi) is 6.58. The second kappa shape index (κ2) is 9.31. The van der Waals surface area contributed by atoms with E-state index in [0.717, 1.165) is 36.1 Å². The van der Waals surface area contributed by atoms with Gasteiger partial charge in [0.25, 0.3) is 0 Å². The van der Waals surface area contributed by atoms with Gasteiger partial charge in [-0.15, -0.1) is 0 Å². The first kappa shape index (κ1) is 19.1. The van der Waals surface area contributed by atoms with Crippen molar-refractivity contribution < 1.29 is 9.47 Å². The van der Waals surface area contributed by atoms with Gasteiger partial charge in [-0.3, -0.25) is 0 Å². The van der Waals surface area contributed by atoms with Gasteiger partial charge in [0, 0.05) is 24.7 Å². The van der Waals surface area contributed by atoms with Crippen molar-refractivity contribution in [1.82, 2.24) is 10.6 Å². The molecule has 1 aliphatic carbocycles. The molecular formula is C22H29N3O2. The van der Waals surface area contributed by atoms with Gasteiger partial charge in [0.2, 0.25) is 0 Å². The summed E-state index contributed by atoms with van der Waals surface area (Å²) in [6, 6.07) is 16.6. The average Bonchev–Trinajstić information content (AvgIpc) is 3.50. The highest BCUT2D eigenvalue weighted by Crippen LogP contribution is 2.46. The third-order valence-corrected chi connectivity index (χ3v) is 4.93. The minimum atomic E-state index is 0.551. The normalized spacial score (nSPS) is 18.7. The number of rotatable bonds is 8. The van der Waals surface area contributed by atoms with E-state index < -0.39 is 0 Å². The molecular weight excluding hydrogens is 338 g/mol. The van der Waals surface area contributed by atoms with Gasteiger partial charge in [-0.25, -0.2) is 4.99 Å². The molecule has 0 saturated heterocycles. The first-order valence-corrected chi connectivity index (χ1v) is 9.53. The lowest BCUT2D eigenvalue weighted by Gasteiger charge is -2.13. The molecule has 0 aliphatic heterocycles. The number of hydrogen-bond donors (Lipinski definition) is 2. The van der Waals surface area contributed by atoms with Gasteiger partial charge in [0.1, 0.15) is 11.5 Å². The Balaban J connectivity index is 1.57. The van der Waals surface area contributed by atoms with Crippen LogP contribution in [0, 0.1) is 5.92 Å². The maximum atomic E-state index is 5.46. The second-order valence-corrected chi connectivity index (χ2v) is 6.77. The third-order valence-electron chi connectivity index (χ3n) is 4.93. The highest BCUT2D eigenvalue weighted by atomic mass is 16.5. The first-order valence-electron chi connectivity index (χ1n) is 9.53. The largest absolute Gasteiger partial charge is 0.497 e. The maximum Gasteiger partial charge on any atom is 0.191 e. The molecule has 0 heterocycles. The summed E-state index contributed by atoms with van der Waals surface area (Å²) < 4.78 is 10.7. The van der Waals surface area contributed by atoms with Gasteiger partial charge in [-0.1, -0.05) is 30.3 Å². The molecule has 1 aliphatic rings. The Bertz CT molecular complexity index is 761. The summed E-state index contributed by atoms with van der Waals surface area (Å²) in [6.07, 6.45) is 1.24. The molecule has 2 aromatic carbocycles. The van der Waals surface area contributed by atoms with Crippen LogP contribution >= 0.6 is 0 Å². The van der Waals surface area contributed by atoms with E-state index >= 15 is 0 Å². The molecule has 144 valence electrons. The highest BCUT2D eigenvalue weighted by molar-refractivity contribution is 5.79. The van der Waals surface area contributed by atoms with E-state index in [0.29, 0.717) is 18.4 Å². The number of nitrogens with zero attached hydrogens (tertiary/aromatic N) is 1. The predicted octanol–water partition coefficient (Wildman–Crippen LogP) is 3.56. The molecule has 27 heavy (non-hydrogen) atoms. The number of ether oxygens (including phenoxy) is 2. The van der Waals surface area contributed by atoms with Gasteiger partial charge < -0.3 is 20.1 Å². The summed E-state index contributed by atoms with van der Waals surface area (Å²) in [5.41, 5.74) is 2.47. The summed E-state index contributed by atoms with van der Waals surface area (Å²) in [4.78, 5) is 4.72. The summed E-state index contributed by atoms with van der Waals surface area (Å²) in [5.74, 6) is 3.76. The minimum Gasteiger partial charge on any atom is -0.497 e. The quantitative estimate of drug-likeness (QED) is 0.553. The van der Waals surface area contributed by atoms with E-state index in [4.69, 9.17) is 14.5 Å². The average molecular weight is 367 g/mol. The van der Waals surface area contributed by atoms with Crippen molar-refractivity contribution in [2.75, 3.05) is 27.3 Å². The number of benzene rings is 2. The minimum absolute atomic E-state index is 0.551. The van der Waals surface area contributed by atoms with Crippen LogP contribution < -0.4 is 20.1 Å². The van der Waals surface area contributed by atoms with Crippen molar-refractivity contribution in [1.29, 1.82) is 0 Å². The van der Waals surface area contributed by atoms with Gasteiger partial charge in [-0.05, 0) is 42.9 Å². The molecule has 0 spiro atoms. The number of guanidine groups is 1. The predicted molar refractivity (Wildman–Crippen MR) is 110 cm³/mol. The zero-order valence-electron chi connectivity index (χ0n) is 16.4. The highest BCUT2D eigenvalue weighted by Gasteiger charge is 2.37. The van der Waals surface area contributed by atoms with Crippen LogP contribution in [0.1, 0.15) is 30.4 Å². The molecule has 1 saturated carbocycles. The van der Waals surface area contributed by atoms with E-state index in [1.807, 2.05) is 18.2 Å². The third kappa shape index (κ3) is 5.16. The molecule has 0 aromatic heterocycles. The zero-order chi connectivity index (χ0) is 19.1.